The van der Waals surface area contributed by atoms with Gasteiger partial charge in [0, 0.05) is 0 Å². The Labute approximate surface area is 56.9 Å². The van der Waals surface area contributed by atoms with E-state index in [4.69, 9.17) is 0 Å². The van der Waals surface area contributed by atoms with Crippen molar-refractivity contribution in [2.75, 3.05) is 0 Å². The fraction of sp³-hybridized carbons (Fsp3) is 0.800. The standard InChI is InChI=1S/C5H11.Mn.H2N/c1-3-5-4-2;;/h1,3-5H2,2H3;;1H2/q-1;+2;-1. The van der Waals surface area contributed by atoms with Gasteiger partial charge in [0.15, 0.2) is 0 Å². The molecule has 0 aromatic rings. The van der Waals surface area contributed by atoms with Gasteiger partial charge in [-0.3, -0.25) is 0 Å². The zero-order valence-electron chi connectivity index (χ0n) is 4.78. The summed E-state index contributed by atoms with van der Waals surface area (Å²) in [6.07, 6.45) is 3.65. The number of unbranched alkanes of at least 4 members (excludes halogenated alkanes) is 2. The summed E-state index contributed by atoms with van der Waals surface area (Å²) in [5.74, 6) is 0. The fourth-order valence-corrected chi connectivity index (χ4v) is 0.250. The molecule has 1 radical (unpaired) electrons. The van der Waals surface area contributed by atoms with E-state index in [1.165, 1.54) is 12.8 Å². The van der Waals surface area contributed by atoms with Crippen molar-refractivity contribution in [3.8, 4) is 0 Å². The molecular weight excluding hydrogens is 129 g/mol. The number of rotatable bonds is 2. The summed E-state index contributed by atoms with van der Waals surface area (Å²) in [4.78, 5) is 0. The van der Waals surface area contributed by atoms with Gasteiger partial charge in [-0.25, -0.2) is 0 Å². The first-order valence-corrected chi connectivity index (χ1v) is 2.21. The first kappa shape index (κ1) is 15.6. The van der Waals surface area contributed by atoms with E-state index >= 15 is 0 Å². The quantitative estimate of drug-likeness (QED) is 0.419. The Hall–Kier alpha value is 0.479. The molecule has 0 heterocycles. The van der Waals surface area contributed by atoms with Crippen LogP contribution in [0, 0.1) is 6.92 Å². The monoisotopic (exact) mass is 142 g/mol. The average molecular weight is 142 g/mol. The molecule has 45 valence electrons. The van der Waals surface area contributed by atoms with E-state index < -0.39 is 0 Å². The average Bonchev–Trinajstić information content (AvgIpc) is 1.41. The molecule has 0 amide bonds. The second kappa shape index (κ2) is 16.1. The maximum atomic E-state index is 3.68. The minimum atomic E-state index is 0. The van der Waals surface area contributed by atoms with E-state index in [1.54, 1.807) is 0 Å². The smallest absolute Gasteiger partial charge is 0.693 e. The second-order valence-electron chi connectivity index (χ2n) is 1.21. The maximum Gasteiger partial charge on any atom is 2.00 e. The molecule has 0 saturated carbocycles. The zero-order valence-corrected chi connectivity index (χ0v) is 5.96. The van der Waals surface area contributed by atoms with Crippen LogP contribution >= 0.6 is 0 Å². The van der Waals surface area contributed by atoms with Crippen LogP contribution in [0.1, 0.15) is 26.2 Å². The molecule has 0 aliphatic carbocycles. The van der Waals surface area contributed by atoms with Gasteiger partial charge in [0.05, 0.1) is 0 Å². The van der Waals surface area contributed by atoms with Crippen LogP contribution in [0.5, 0.6) is 0 Å². The largest absolute Gasteiger partial charge is 2.00 e. The minimum absolute atomic E-state index is 0. The third-order valence-electron chi connectivity index (χ3n) is 0.604. The van der Waals surface area contributed by atoms with Crippen LogP contribution < -0.4 is 0 Å². The number of hydrogen-bond acceptors (Lipinski definition) is 0. The molecule has 0 bridgehead atoms. The van der Waals surface area contributed by atoms with Gasteiger partial charge in [-0.05, 0) is 0 Å². The second-order valence-corrected chi connectivity index (χ2v) is 1.21. The summed E-state index contributed by atoms with van der Waals surface area (Å²) in [7, 11) is 0. The summed E-state index contributed by atoms with van der Waals surface area (Å²) in [5.41, 5.74) is 0. The van der Waals surface area contributed by atoms with E-state index in [9.17, 15) is 0 Å². The molecule has 0 unspecified atom stereocenters. The number of nitrogens with two attached hydrogens (primary N) is 1. The molecule has 2 heteroatoms. The Morgan fingerprint density at radius 1 is 1.43 bits per heavy atom. The molecule has 0 aliphatic rings. The predicted octanol–water partition coefficient (Wildman–Crippen LogP) is 2.73. The molecular formula is C5H13MnN. The van der Waals surface area contributed by atoms with Crippen molar-refractivity contribution >= 4 is 0 Å². The van der Waals surface area contributed by atoms with Crippen LogP contribution in [0.25, 0.3) is 6.15 Å². The molecule has 0 aromatic heterocycles. The van der Waals surface area contributed by atoms with E-state index in [1.807, 2.05) is 0 Å². The van der Waals surface area contributed by atoms with Crippen LogP contribution in [0.2, 0.25) is 0 Å². The zero-order chi connectivity index (χ0) is 4.12. The van der Waals surface area contributed by atoms with Crippen molar-refractivity contribution in [1.82, 2.24) is 0 Å². The molecule has 0 fully saturated rings. The van der Waals surface area contributed by atoms with Gasteiger partial charge in [-0.1, -0.05) is 19.8 Å². The topological polar surface area (TPSA) is 33.5 Å². The minimum Gasteiger partial charge on any atom is -0.693 e. The van der Waals surface area contributed by atoms with Crippen molar-refractivity contribution < 1.29 is 17.1 Å². The molecule has 0 atom stereocenters. The predicted molar refractivity (Wildman–Crippen MR) is 30.2 cm³/mol. The Bertz CT molecular complexity index is 15.6. The molecule has 1 nitrogen and oxygen atoms in total. The van der Waals surface area contributed by atoms with Crippen LogP contribution in [0.3, 0.4) is 0 Å². The first-order chi connectivity index (χ1) is 2.41. The molecule has 0 rings (SSSR count). The van der Waals surface area contributed by atoms with Crippen LogP contribution in [-0.4, -0.2) is 0 Å². The van der Waals surface area contributed by atoms with Gasteiger partial charge >= 0.3 is 17.1 Å². The Morgan fingerprint density at radius 2 is 1.86 bits per heavy atom. The van der Waals surface area contributed by atoms with Crippen LogP contribution in [-0.2, 0) is 17.1 Å². The third-order valence-corrected chi connectivity index (χ3v) is 0.604. The molecule has 0 spiro atoms. The molecule has 7 heavy (non-hydrogen) atoms. The first-order valence-electron chi connectivity index (χ1n) is 2.21. The van der Waals surface area contributed by atoms with Gasteiger partial charge in [-0.15, -0.1) is 0 Å². The summed E-state index contributed by atoms with van der Waals surface area (Å²) < 4.78 is 0. The Morgan fingerprint density at radius 3 is 1.86 bits per heavy atom. The third kappa shape index (κ3) is 21.1. The van der Waals surface area contributed by atoms with Crippen LogP contribution in [0.15, 0.2) is 0 Å². The molecule has 2 N–H and O–H groups in total. The van der Waals surface area contributed by atoms with E-state index in [-0.39, 0.29) is 23.2 Å². The van der Waals surface area contributed by atoms with E-state index in [0.29, 0.717) is 0 Å². The Kier molecular flexibility index (Phi) is 35.9. The van der Waals surface area contributed by atoms with Crippen LogP contribution in [0.4, 0.5) is 0 Å². The maximum absolute atomic E-state index is 3.68. The van der Waals surface area contributed by atoms with Crippen molar-refractivity contribution in [2.45, 2.75) is 26.2 Å². The van der Waals surface area contributed by atoms with Gasteiger partial charge in [0.1, 0.15) is 0 Å². The Balaban J connectivity index is -0.0000000800. The number of hydrogen-bond donors (Lipinski definition) is 0. The van der Waals surface area contributed by atoms with Crippen molar-refractivity contribution in [3.05, 3.63) is 13.1 Å². The SMILES string of the molecule is [CH2-]CCCC.[Mn+2].[NH2-]. The summed E-state index contributed by atoms with van der Waals surface area (Å²) in [6.45, 7) is 5.85. The van der Waals surface area contributed by atoms with Crippen molar-refractivity contribution in [1.29, 1.82) is 0 Å². The van der Waals surface area contributed by atoms with Gasteiger partial charge < -0.3 is 13.1 Å². The fourth-order valence-electron chi connectivity index (χ4n) is 0.250. The molecule has 0 saturated heterocycles. The van der Waals surface area contributed by atoms with Gasteiger partial charge in [0.25, 0.3) is 0 Å². The van der Waals surface area contributed by atoms with E-state index in [0.717, 1.165) is 6.42 Å². The molecule has 0 aromatic carbocycles. The van der Waals surface area contributed by atoms with Gasteiger partial charge in [-0.2, -0.15) is 6.42 Å². The van der Waals surface area contributed by atoms with Crippen molar-refractivity contribution in [3.63, 3.8) is 0 Å². The van der Waals surface area contributed by atoms with E-state index in [2.05, 4.69) is 13.8 Å². The summed E-state index contributed by atoms with van der Waals surface area (Å²) >= 11 is 0. The van der Waals surface area contributed by atoms with Gasteiger partial charge in [0.2, 0.25) is 0 Å². The van der Waals surface area contributed by atoms with Crippen molar-refractivity contribution in [2.24, 2.45) is 0 Å². The summed E-state index contributed by atoms with van der Waals surface area (Å²) in [5, 5.41) is 0. The molecule has 0 aliphatic heterocycles. The summed E-state index contributed by atoms with van der Waals surface area (Å²) in [6, 6.07) is 0. The normalized spacial score (nSPS) is 6.00.